The van der Waals surface area contributed by atoms with E-state index in [2.05, 4.69) is 5.32 Å². The van der Waals surface area contributed by atoms with Crippen LogP contribution in [0.15, 0.2) is 182 Å². The SMILES string of the molecule is COC(=O)C1OCC(OC(=O)c2ccccc2)C(OCc2ccccc2)C1C.O=C(CNC1C(OC(=O)c2ccccc2)CC(COC(=O)c2ccccc2)CC1OC(=O)c1ccccc1)c1ccccc1. The number of hydrogen-bond acceptors (Lipinski definition) is 14. The number of carbonyl (C=O) groups is 6. The lowest BCUT2D eigenvalue weighted by Gasteiger charge is -2.41. The molecule has 6 aromatic rings. The number of benzene rings is 6. The Hall–Kier alpha value is -7.78. The van der Waals surface area contributed by atoms with Gasteiger partial charge in [-0.3, -0.25) is 4.79 Å². The van der Waals surface area contributed by atoms with Gasteiger partial charge in [0, 0.05) is 17.4 Å². The number of nitrogens with one attached hydrogen (secondary N) is 1. The highest BCUT2D eigenvalue weighted by atomic mass is 16.6. The highest BCUT2D eigenvalue weighted by molar-refractivity contribution is 5.97. The molecule has 1 N–H and O–H groups in total. The van der Waals surface area contributed by atoms with Crippen LogP contribution in [0.2, 0.25) is 0 Å². The lowest BCUT2D eigenvalue weighted by atomic mass is 9.81. The third-order valence-electron chi connectivity index (χ3n) is 12.3. The molecule has 1 aliphatic carbocycles. The molecule has 14 heteroatoms. The van der Waals surface area contributed by atoms with Crippen LogP contribution in [0.1, 0.15) is 77.1 Å². The molecule has 2 aliphatic rings. The van der Waals surface area contributed by atoms with Crippen LogP contribution in [-0.4, -0.2) is 99.1 Å². The number of hydrogen-bond donors (Lipinski definition) is 1. The van der Waals surface area contributed by atoms with Crippen molar-refractivity contribution in [3.05, 3.63) is 215 Å². The first-order chi connectivity index (χ1) is 35.1. The lowest BCUT2D eigenvalue weighted by Crippen LogP contribution is -2.57. The van der Waals surface area contributed by atoms with E-state index in [9.17, 15) is 28.8 Å². The summed E-state index contributed by atoms with van der Waals surface area (Å²) in [4.78, 5) is 76.7. The summed E-state index contributed by atoms with van der Waals surface area (Å²) in [5, 5.41) is 3.23. The van der Waals surface area contributed by atoms with E-state index in [-0.39, 0.29) is 37.4 Å². The van der Waals surface area contributed by atoms with Crippen molar-refractivity contribution in [1.29, 1.82) is 0 Å². The van der Waals surface area contributed by atoms with Crippen LogP contribution in [0, 0.1) is 11.8 Å². The van der Waals surface area contributed by atoms with Crippen LogP contribution in [0.3, 0.4) is 0 Å². The van der Waals surface area contributed by atoms with Gasteiger partial charge < -0.3 is 38.5 Å². The predicted octanol–water partition coefficient (Wildman–Crippen LogP) is 8.55. The average molecular weight is 976 g/mol. The quantitative estimate of drug-likeness (QED) is 0.0522. The Bertz CT molecular complexity index is 2610. The highest BCUT2D eigenvalue weighted by Crippen LogP contribution is 2.32. The van der Waals surface area contributed by atoms with Crippen molar-refractivity contribution < 1.29 is 61.9 Å². The van der Waals surface area contributed by atoms with Gasteiger partial charge in [-0.05, 0) is 66.9 Å². The van der Waals surface area contributed by atoms with Gasteiger partial charge in [0.2, 0.25) is 0 Å². The summed E-state index contributed by atoms with van der Waals surface area (Å²) in [6.07, 6.45) is -2.87. The Morgan fingerprint density at radius 2 is 0.931 bits per heavy atom. The molecular formula is C58H57NO13. The van der Waals surface area contributed by atoms with E-state index < -0.39 is 66.4 Å². The summed E-state index contributed by atoms with van der Waals surface area (Å²) >= 11 is 0. The minimum atomic E-state index is -0.797. The van der Waals surface area contributed by atoms with Gasteiger partial charge in [0.1, 0.15) is 18.3 Å². The van der Waals surface area contributed by atoms with Gasteiger partial charge in [-0.1, -0.05) is 140 Å². The summed E-state index contributed by atoms with van der Waals surface area (Å²) < 4.78 is 39.9. The molecule has 6 aromatic carbocycles. The molecule has 0 spiro atoms. The Kier molecular flexibility index (Phi) is 19.1. The minimum Gasteiger partial charge on any atom is -0.467 e. The fourth-order valence-electron chi connectivity index (χ4n) is 8.54. The second kappa shape index (κ2) is 26.4. The van der Waals surface area contributed by atoms with E-state index in [4.69, 9.17) is 33.2 Å². The number of ether oxygens (including phenoxy) is 7. The standard InChI is InChI=1S/C36H33NO7.C22H24O6/c38-30(26-13-5-1-6-14-26)23-37-33-31(43-35(40)28-17-9-3-10-18-28)21-25(24-42-34(39)27-15-7-2-8-16-27)22-32(33)44-36(41)29-19-11-4-12-20-29;1-15-19(26-13-16-9-5-3-6-10-16)18(14-27-20(15)22(24)25-2)28-21(23)17-11-7-4-8-12-17/h1-20,25,31-33,37H,21-24H2;3-12,15,18-20H,13-14H2,1-2H3. The molecule has 0 amide bonds. The summed E-state index contributed by atoms with van der Waals surface area (Å²) in [5.74, 6) is -3.30. The largest absolute Gasteiger partial charge is 0.467 e. The first-order valence-corrected chi connectivity index (χ1v) is 23.7. The van der Waals surface area contributed by atoms with Crippen molar-refractivity contribution >= 4 is 35.6 Å². The maximum absolute atomic E-state index is 13.2. The van der Waals surface area contributed by atoms with Gasteiger partial charge in [0.05, 0.1) is 61.8 Å². The van der Waals surface area contributed by atoms with Crippen molar-refractivity contribution in [1.82, 2.24) is 5.32 Å². The summed E-state index contributed by atoms with van der Waals surface area (Å²) in [6, 6.07) is 52.4. The van der Waals surface area contributed by atoms with Gasteiger partial charge in [0.25, 0.3) is 0 Å². The van der Waals surface area contributed by atoms with Crippen LogP contribution < -0.4 is 5.32 Å². The average Bonchev–Trinajstić information content (AvgIpc) is 3.43. The molecule has 1 aliphatic heterocycles. The minimum absolute atomic E-state index is 0.0299. The van der Waals surface area contributed by atoms with Gasteiger partial charge in [-0.25, -0.2) is 24.0 Å². The van der Waals surface area contributed by atoms with Crippen LogP contribution in [-0.2, 0) is 44.6 Å². The van der Waals surface area contributed by atoms with Crippen molar-refractivity contribution in [3.8, 4) is 0 Å². The summed E-state index contributed by atoms with van der Waals surface area (Å²) in [5.41, 5.74) is 3.11. The Balaban J connectivity index is 0.000000234. The maximum atomic E-state index is 13.2. The fraction of sp³-hybridized carbons (Fsp3) is 0.276. The van der Waals surface area contributed by atoms with E-state index in [1.165, 1.54) is 7.11 Å². The van der Waals surface area contributed by atoms with Crippen LogP contribution >= 0.6 is 0 Å². The molecule has 8 rings (SSSR count). The van der Waals surface area contributed by atoms with Crippen LogP contribution in [0.5, 0.6) is 0 Å². The first kappa shape index (κ1) is 52.1. The van der Waals surface area contributed by atoms with Crippen LogP contribution in [0.25, 0.3) is 0 Å². The monoisotopic (exact) mass is 975 g/mol. The molecular weight excluding hydrogens is 919 g/mol. The third kappa shape index (κ3) is 14.6. The first-order valence-electron chi connectivity index (χ1n) is 23.7. The number of ketones is 1. The third-order valence-corrected chi connectivity index (χ3v) is 12.3. The maximum Gasteiger partial charge on any atom is 0.338 e. The van der Waals surface area contributed by atoms with Gasteiger partial charge in [-0.15, -0.1) is 0 Å². The topological polar surface area (TPSA) is 179 Å². The highest BCUT2D eigenvalue weighted by Gasteiger charge is 2.45. The van der Waals surface area contributed by atoms with E-state index >= 15 is 0 Å². The number of methoxy groups -OCH3 is 1. The normalized spacial score (nSPS) is 21.3. The molecule has 372 valence electrons. The summed E-state index contributed by atoms with van der Waals surface area (Å²) in [6.45, 7) is 2.19. The zero-order valence-corrected chi connectivity index (χ0v) is 40.0. The van der Waals surface area contributed by atoms with Crippen molar-refractivity contribution in [2.24, 2.45) is 11.8 Å². The van der Waals surface area contributed by atoms with E-state index in [0.717, 1.165) is 5.56 Å². The number of Topliss-reactive ketones (excluding diaryl/α,β-unsaturated/α-hetero) is 1. The van der Waals surface area contributed by atoms with Gasteiger partial charge in [-0.2, -0.15) is 0 Å². The van der Waals surface area contributed by atoms with Gasteiger partial charge >= 0.3 is 29.8 Å². The van der Waals surface area contributed by atoms with Crippen LogP contribution in [0.4, 0.5) is 0 Å². The van der Waals surface area contributed by atoms with Crippen molar-refractivity contribution in [2.75, 3.05) is 26.9 Å². The van der Waals surface area contributed by atoms with Gasteiger partial charge in [0.15, 0.2) is 18.0 Å². The lowest BCUT2D eigenvalue weighted by molar-refractivity contribution is -0.197. The molecule has 2 fully saturated rings. The number of carbonyl (C=O) groups excluding carboxylic acids is 6. The molecule has 0 aromatic heterocycles. The molecule has 1 heterocycles. The zero-order valence-electron chi connectivity index (χ0n) is 40.0. The molecule has 6 atom stereocenters. The van der Waals surface area contributed by atoms with E-state index in [1.807, 2.05) is 55.5 Å². The molecule has 1 saturated carbocycles. The Morgan fingerprint density at radius 3 is 1.38 bits per heavy atom. The fourth-order valence-corrected chi connectivity index (χ4v) is 8.54. The molecule has 72 heavy (non-hydrogen) atoms. The molecule has 1 saturated heterocycles. The molecule has 6 unspecified atom stereocenters. The second-order valence-electron chi connectivity index (χ2n) is 17.3. The summed E-state index contributed by atoms with van der Waals surface area (Å²) in [7, 11) is 1.32. The zero-order chi connectivity index (χ0) is 50.7. The Morgan fingerprint density at radius 1 is 0.528 bits per heavy atom. The molecule has 0 radical (unpaired) electrons. The molecule has 0 bridgehead atoms. The van der Waals surface area contributed by atoms with Crippen molar-refractivity contribution in [3.63, 3.8) is 0 Å². The Labute approximate surface area is 418 Å². The molecule has 14 nitrogen and oxygen atoms in total. The number of esters is 5. The smallest absolute Gasteiger partial charge is 0.338 e. The second-order valence-corrected chi connectivity index (χ2v) is 17.3. The van der Waals surface area contributed by atoms with Crippen molar-refractivity contribution in [2.45, 2.75) is 62.9 Å². The number of rotatable bonds is 17. The van der Waals surface area contributed by atoms with E-state index in [1.54, 1.807) is 133 Å². The van der Waals surface area contributed by atoms with E-state index in [0.29, 0.717) is 47.3 Å². The predicted molar refractivity (Wildman–Crippen MR) is 265 cm³/mol.